The summed E-state index contributed by atoms with van der Waals surface area (Å²) in [6.45, 7) is 6.79. The molecular weight excluding hydrogens is 442 g/mol. The van der Waals surface area contributed by atoms with E-state index in [1.54, 1.807) is 16.9 Å². The van der Waals surface area contributed by atoms with Gasteiger partial charge in [-0.3, -0.25) is 9.48 Å². The molecule has 35 heavy (non-hydrogen) atoms. The van der Waals surface area contributed by atoms with Crippen molar-refractivity contribution >= 4 is 11.6 Å². The Balaban J connectivity index is 1.27. The van der Waals surface area contributed by atoms with E-state index in [0.717, 1.165) is 17.0 Å². The first-order valence-electron chi connectivity index (χ1n) is 11.2. The van der Waals surface area contributed by atoms with Crippen LogP contribution in [-0.2, 0) is 13.2 Å². The van der Waals surface area contributed by atoms with E-state index in [4.69, 9.17) is 0 Å². The fraction of sp³-hybridized carbons (Fsp3) is 0.200. The molecule has 0 saturated carbocycles. The molecule has 5 rings (SSSR count). The number of rotatable bonds is 7. The third kappa shape index (κ3) is 4.72. The van der Waals surface area contributed by atoms with Crippen molar-refractivity contribution in [3.63, 3.8) is 0 Å². The van der Waals surface area contributed by atoms with Crippen LogP contribution < -0.4 is 5.32 Å². The summed E-state index contributed by atoms with van der Waals surface area (Å²) < 4.78 is 3.50. The Labute approximate surface area is 202 Å². The summed E-state index contributed by atoms with van der Waals surface area (Å²) in [6.07, 6.45) is 1.71. The van der Waals surface area contributed by atoms with Crippen LogP contribution in [0.1, 0.15) is 33.0 Å². The van der Waals surface area contributed by atoms with Gasteiger partial charge in [0.05, 0.1) is 23.6 Å². The van der Waals surface area contributed by atoms with E-state index in [0.29, 0.717) is 23.8 Å². The highest BCUT2D eigenvalue weighted by atomic mass is 16.2. The van der Waals surface area contributed by atoms with Crippen molar-refractivity contribution in [3.8, 4) is 11.4 Å². The quantitative estimate of drug-likeness (QED) is 0.393. The maximum Gasteiger partial charge on any atom is 0.276 e. The normalized spacial score (nSPS) is 11.1. The van der Waals surface area contributed by atoms with Crippen LogP contribution in [-0.4, -0.2) is 45.7 Å². The first-order valence-corrected chi connectivity index (χ1v) is 11.2. The molecule has 3 heterocycles. The van der Waals surface area contributed by atoms with E-state index in [9.17, 15) is 4.79 Å². The highest BCUT2D eigenvalue weighted by molar-refractivity contribution is 6.03. The second-order valence-electron chi connectivity index (χ2n) is 8.32. The Kier molecular flexibility index (Phi) is 5.92. The molecule has 10 heteroatoms. The average molecular weight is 468 g/mol. The summed E-state index contributed by atoms with van der Waals surface area (Å²) >= 11 is 0. The van der Waals surface area contributed by atoms with Gasteiger partial charge >= 0.3 is 0 Å². The first-order chi connectivity index (χ1) is 17.0. The molecule has 5 aromatic rings. The van der Waals surface area contributed by atoms with Crippen LogP contribution in [0.25, 0.3) is 11.4 Å². The molecule has 0 aliphatic rings. The molecule has 0 radical (unpaired) electrons. The molecule has 0 bridgehead atoms. The summed E-state index contributed by atoms with van der Waals surface area (Å²) in [5, 5.41) is 24.5. The maximum absolute atomic E-state index is 12.9. The number of anilines is 1. The predicted octanol–water partition coefficient (Wildman–Crippen LogP) is 3.46. The number of benzene rings is 2. The number of hydrogen-bond donors (Lipinski definition) is 1. The molecule has 1 amide bonds. The van der Waals surface area contributed by atoms with Gasteiger partial charge in [0, 0.05) is 11.8 Å². The van der Waals surface area contributed by atoms with E-state index in [1.165, 1.54) is 15.9 Å². The zero-order valence-corrected chi connectivity index (χ0v) is 19.8. The molecule has 0 aliphatic heterocycles. The van der Waals surface area contributed by atoms with Crippen molar-refractivity contribution < 1.29 is 4.79 Å². The van der Waals surface area contributed by atoms with Gasteiger partial charge in [-0.05, 0) is 43.2 Å². The van der Waals surface area contributed by atoms with E-state index in [2.05, 4.69) is 50.0 Å². The van der Waals surface area contributed by atoms with E-state index in [-0.39, 0.29) is 12.6 Å². The van der Waals surface area contributed by atoms with Gasteiger partial charge in [-0.15, -0.1) is 15.0 Å². The van der Waals surface area contributed by atoms with Crippen LogP contribution in [0.5, 0.6) is 0 Å². The van der Waals surface area contributed by atoms with Gasteiger partial charge < -0.3 is 5.32 Å². The standard InChI is InChI=1S/C25H25N9O/c1-17-9-7-8-12-21(17)15-33-19(3)23(18(2)28-33)26-25(35)22-13-14-32(29-22)16-34-30-24(27-31-34)20-10-5-4-6-11-20/h4-14H,15-16H2,1-3H3,(H,26,35). The van der Waals surface area contributed by atoms with Crippen LogP contribution in [0.4, 0.5) is 5.69 Å². The Morgan fingerprint density at radius 2 is 1.69 bits per heavy atom. The molecule has 0 fully saturated rings. The number of nitrogens with one attached hydrogen (secondary N) is 1. The summed E-state index contributed by atoms with van der Waals surface area (Å²) in [5.41, 5.74) is 5.90. The van der Waals surface area contributed by atoms with Crippen molar-refractivity contribution in [2.75, 3.05) is 5.32 Å². The SMILES string of the molecule is Cc1ccccc1Cn1nc(C)c(NC(=O)c2ccn(Cn3nnc(-c4ccccc4)n3)n2)c1C. The monoisotopic (exact) mass is 467 g/mol. The van der Waals surface area contributed by atoms with Crippen molar-refractivity contribution in [1.82, 2.24) is 39.8 Å². The maximum atomic E-state index is 12.9. The minimum atomic E-state index is -0.304. The number of tetrazole rings is 1. The molecule has 0 saturated heterocycles. The fourth-order valence-corrected chi connectivity index (χ4v) is 3.86. The molecule has 3 aromatic heterocycles. The first kappa shape index (κ1) is 22.2. The number of nitrogens with zero attached hydrogens (tertiary/aromatic N) is 8. The molecule has 0 unspecified atom stereocenters. The van der Waals surface area contributed by atoms with Gasteiger partial charge in [-0.1, -0.05) is 54.6 Å². The third-order valence-corrected chi connectivity index (χ3v) is 5.83. The highest BCUT2D eigenvalue weighted by Gasteiger charge is 2.18. The summed E-state index contributed by atoms with van der Waals surface area (Å²) in [5.74, 6) is 0.228. The number of amides is 1. The Hall–Kier alpha value is -4.60. The van der Waals surface area contributed by atoms with Crippen LogP contribution in [0.3, 0.4) is 0 Å². The predicted molar refractivity (Wildman–Crippen MR) is 131 cm³/mol. The molecular formula is C25H25N9O. The minimum Gasteiger partial charge on any atom is -0.317 e. The minimum absolute atomic E-state index is 0.236. The third-order valence-electron chi connectivity index (χ3n) is 5.83. The lowest BCUT2D eigenvalue weighted by Gasteiger charge is -2.08. The summed E-state index contributed by atoms with van der Waals surface area (Å²) in [6, 6.07) is 19.5. The highest BCUT2D eigenvalue weighted by Crippen LogP contribution is 2.22. The summed E-state index contributed by atoms with van der Waals surface area (Å²) in [7, 11) is 0. The molecule has 10 nitrogen and oxygen atoms in total. The van der Waals surface area contributed by atoms with E-state index in [1.807, 2.05) is 61.0 Å². The topological polar surface area (TPSA) is 108 Å². The number of hydrogen-bond acceptors (Lipinski definition) is 6. The van der Waals surface area contributed by atoms with Gasteiger partial charge in [0.2, 0.25) is 5.82 Å². The zero-order chi connectivity index (χ0) is 24.4. The number of aryl methyl sites for hydroxylation is 2. The van der Waals surface area contributed by atoms with Crippen molar-refractivity contribution in [2.24, 2.45) is 0 Å². The zero-order valence-electron chi connectivity index (χ0n) is 19.8. The lowest BCUT2D eigenvalue weighted by atomic mass is 10.1. The molecule has 0 atom stereocenters. The second kappa shape index (κ2) is 9.34. The molecule has 0 spiro atoms. The van der Waals surface area contributed by atoms with Crippen LogP contribution in [0, 0.1) is 20.8 Å². The van der Waals surface area contributed by atoms with Crippen molar-refractivity contribution in [3.05, 3.63) is 95.1 Å². The number of carbonyl (C=O) groups is 1. The van der Waals surface area contributed by atoms with E-state index < -0.39 is 0 Å². The average Bonchev–Trinajstić information content (AvgIpc) is 3.58. The Morgan fingerprint density at radius 3 is 2.49 bits per heavy atom. The fourth-order valence-electron chi connectivity index (χ4n) is 3.86. The van der Waals surface area contributed by atoms with Crippen LogP contribution >= 0.6 is 0 Å². The number of aromatic nitrogens is 8. The van der Waals surface area contributed by atoms with Crippen LogP contribution in [0.2, 0.25) is 0 Å². The van der Waals surface area contributed by atoms with Crippen LogP contribution in [0.15, 0.2) is 66.9 Å². The molecule has 0 aliphatic carbocycles. The second-order valence-corrected chi connectivity index (χ2v) is 8.32. The van der Waals surface area contributed by atoms with Gasteiger partial charge in [0.1, 0.15) is 0 Å². The van der Waals surface area contributed by atoms with Gasteiger partial charge in [0.25, 0.3) is 5.91 Å². The summed E-state index contributed by atoms with van der Waals surface area (Å²) in [4.78, 5) is 14.4. The van der Waals surface area contributed by atoms with E-state index >= 15 is 0 Å². The molecule has 2 aromatic carbocycles. The lowest BCUT2D eigenvalue weighted by Crippen LogP contribution is -2.16. The molecule has 176 valence electrons. The van der Waals surface area contributed by atoms with Crippen molar-refractivity contribution in [2.45, 2.75) is 34.0 Å². The van der Waals surface area contributed by atoms with Gasteiger partial charge in [0.15, 0.2) is 12.4 Å². The Morgan fingerprint density at radius 1 is 0.914 bits per heavy atom. The lowest BCUT2D eigenvalue weighted by molar-refractivity contribution is 0.102. The molecule has 1 N–H and O–H groups in total. The van der Waals surface area contributed by atoms with Gasteiger partial charge in [-0.25, -0.2) is 4.68 Å². The Bertz CT molecular complexity index is 1480. The van der Waals surface area contributed by atoms with Gasteiger partial charge in [-0.2, -0.15) is 10.2 Å². The smallest absolute Gasteiger partial charge is 0.276 e. The number of carbonyl (C=O) groups excluding carboxylic acids is 1. The van der Waals surface area contributed by atoms with Crippen molar-refractivity contribution in [1.29, 1.82) is 0 Å². The largest absolute Gasteiger partial charge is 0.317 e.